The molecule has 0 unspecified atom stereocenters. The van der Waals surface area contributed by atoms with Gasteiger partial charge in [-0.15, -0.1) is 0 Å². The zero-order valence-electron chi connectivity index (χ0n) is 13.4. The molecule has 3 heterocycles. The zero-order valence-corrected chi connectivity index (χ0v) is 13.4. The molecule has 1 N–H and O–H groups in total. The predicted molar refractivity (Wildman–Crippen MR) is 89.2 cm³/mol. The highest BCUT2D eigenvalue weighted by molar-refractivity contribution is 5.94. The number of hydrogen-bond acceptors (Lipinski definition) is 3. The zero-order chi connectivity index (χ0) is 16.7. The Balaban J connectivity index is 1.69. The summed E-state index contributed by atoms with van der Waals surface area (Å²) in [6.45, 7) is 2.70. The van der Waals surface area contributed by atoms with Gasteiger partial charge in [0.2, 0.25) is 0 Å². The summed E-state index contributed by atoms with van der Waals surface area (Å²) < 4.78 is 0.656. The van der Waals surface area contributed by atoms with Crippen LogP contribution in [0.25, 0.3) is 11.0 Å². The van der Waals surface area contributed by atoms with Crippen LogP contribution < -0.4 is 4.73 Å². The smallest absolute Gasteiger partial charge is 0.260 e. The Hall–Kier alpha value is -2.89. The number of rotatable bonds is 2. The van der Waals surface area contributed by atoms with Crippen LogP contribution in [0.2, 0.25) is 0 Å². The number of aromatic amines is 1. The van der Waals surface area contributed by atoms with Gasteiger partial charge in [-0.1, -0.05) is 12.1 Å². The number of nitrogens with one attached hydrogen (secondary N) is 1. The molecule has 1 saturated heterocycles. The number of imidazole rings is 1. The number of nitrogens with zero attached hydrogens (tertiary/aromatic N) is 3. The van der Waals surface area contributed by atoms with Crippen molar-refractivity contribution in [3.63, 3.8) is 0 Å². The molecule has 0 aliphatic carbocycles. The summed E-state index contributed by atoms with van der Waals surface area (Å²) in [7, 11) is 0. The number of pyridine rings is 1. The van der Waals surface area contributed by atoms with E-state index in [0.717, 1.165) is 35.3 Å². The number of H-pyrrole nitrogens is 1. The average molecular weight is 322 g/mol. The molecule has 0 bridgehead atoms. The standard InChI is InChI=1S/C18H18N4O2/c1-12-5-2-7-14-16(12)20-17(19-14)15-8-4-10-22(15)18(23)13-6-3-9-21(24)11-13/h2-3,5-7,9,11,15H,4,8,10H2,1H3,(H,19,20)/t15-/m1/s1. The molecular weight excluding hydrogens is 304 g/mol. The molecule has 2 aromatic heterocycles. The van der Waals surface area contributed by atoms with Gasteiger partial charge in [0.15, 0.2) is 12.4 Å². The van der Waals surface area contributed by atoms with Crippen molar-refractivity contribution in [1.82, 2.24) is 14.9 Å². The number of carbonyl (C=O) groups excluding carboxylic acids is 1. The first kappa shape index (κ1) is 14.7. The van der Waals surface area contributed by atoms with E-state index < -0.39 is 0 Å². The highest BCUT2D eigenvalue weighted by atomic mass is 16.5. The van der Waals surface area contributed by atoms with Gasteiger partial charge in [-0.25, -0.2) is 4.98 Å². The summed E-state index contributed by atoms with van der Waals surface area (Å²) in [4.78, 5) is 22.7. The summed E-state index contributed by atoms with van der Waals surface area (Å²) in [6, 6.07) is 9.21. The van der Waals surface area contributed by atoms with E-state index in [-0.39, 0.29) is 11.9 Å². The molecule has 1 aliphatic heterocycles. The van der Waals surface area contributed by atoms with Crippen molar-refractivity contribution in [3.8, 4) is 0 Å². The Morgan fingerprint density at radius 2 is 2.25 bits per heavy atom. The van der Waals surface area contributed by atoms with Crippen LogP contribution in [0.1, 0.15) is 40.6 Å². The van der Waals surface area contributed by atoms with E-state index in [4.69, 9.17) is 4.98 Å². The van der Waals surface area contributed by atoms with E-state index in [1.807, 2.05) is 30.0 Å². The van der Waals surface area contributed by atoms with Crippen molar-refractivity contribution < 1.29 is 9.52 Å². The van der Waals surface area contributed by atoms with Crippen molar-refractivity contribution in [1.29, 1.82) is 0 Å². The summed E-state index contributed by atoms with van der Waals surface area (Å²) in [6.07, 6.45) is 4.49. The Labute approximate surface area is 139 Å². The number of aromatic nitrogens is 3. The van der Waals surface area contributed by atoms with Gasteiger partial charge in [0.25, 0.3) is 5.91 Å². The van der Waals surface area contributed by atoms with Crippen molar-refractivity contribution in [3.05, 3.63) is 64.9 Å². The SMILES string of the molecule is Cc1cccc2[nH]c([C@H]3CCCN3C(=O)c3ccc[n+]([O-])c3)nc12. The number of benzene rings is 1. The molecule has 122 valence electrons. The van der Waals surface area contributed by atoms with Crippen LogP contribution in [0, 0.1) is 12.1 Å². The van der Waals surface area contributed by atoms with Crippen LogP contribution in [-0.4, -0.2) is 27.3 Å². The minimum Gasteiger partial charge on any atom is -0.619 e. The van der Waals surface area contributed by atoms with Crippen LogP contribution in [0.15, 0.2) is 42.7 Å². The first-order valence-electron chi connectivity index (χ1n) is 8.08. The largest absolute Gasteiger partial charge is 0.619 e. The lowest BCUT2D eigenvalue weighted by Gasteiger charge is -2.22. The lowest BCUT2D eigenvalue weighted by atomic mass is 10.2. The van der Waals surface area contributed by atoms with Crippen LogP contribution in [0.3, 0.4) is 0 Å². The third-order valence-corrected chi connectivity index (χ3v) is 4.58. The number of fused-ring (bicyclic) bond motifs is 1. The normalized spacial score (nSPS) is 17.5. The first-order valence-corrected chi connectivity index (χ1v) is 8.08. The molecule has 0 saturated carbocycles. The molecule has 0 spiro atoms. The molecule has 6 heteroatoms. The van der Waals surface area contributed by atoms with Gasteiger partial charge in [-0.05, 0) is 37.5 Å². The molecule has 1 aromatic carbocycles. The predicted octanol–water partition coefficient (Wildman–Crippen LogP) is 2.48. The van der Waals surface area contributed by atoms with Gasteiger partial charge in [-0.3, -0.25) is 4.79 Å². The van der Waals surface area contributed by atoms with E-state index in [1.54, 1.807) is 12.1 Å². The van der Waals surface area contributed by atoms with Crippen LogP contribution in [0.4, 0.5) is 0 Å². The van der Waals surface area contributed by atoms with E-state index in [9.17, 15) is 10.0 Å². The number of para-hydroxylation sites is 1. The minimum absolute atomic E-state index is 0.0791. The molecule has 0 radical (unpaired) electrons. The van der Waals surface area contributed by atoms with Crippen LogP contribution in [0.5, 0.6) is 0 Å². The molecule has 1 amide bonds. The first-order chi connectivity index (χ1) is 11.6. The summed E-state index contributed by atoms with van der Waals surface area (Å²) in [5.74, 6) is 0.691. The third kappa shape index (κ3) is 2.40. The maximum atomic E-state index is 12.8. The van der Waals surface area contributed by atoms with E-state index in [2.05, 4.69) is 4.98 Å². The fourth-order valence-corrected chi connectivity index (χ4v) is 3.39. The number of likely N-dealkylation sites (tertiary alicyclic amines) is 1. The van der Waals surface area contributed by atoms with Gasteiger partial charge in [-0.2, -0.15) is 4.73 Å². The lowest BCUT2D eigenvalue weighted by Crippen LogP contribution is -2.34. The number of carbonyl (C=O) groups is 1. The van der Waals surface area contributed by atoms with Gasteiger partial charge in [0.05, 0.1) is 17.1 Å². The van der Waals surface area contributed by atoms with Crippen molar-refractivity contribution in [2.45, 2.75) is 25.8 Å². The highest BCUT2D eigenvalue weighted by Crippen LogP contribution is 2.32. The lowest BCUT2D eigenvalue weighted by molar-refractivity contribution is -0.605. The van der Waals surface area contributed by atoms with Gasteiger partial charge >= 0.3 is 0 Å². The number of hydrogen-bond donors (Lipinski definition) is 1. The number of aryl methyl sites for hydroxylation is 1. The molecule has 1 aliphatic rings. The van der Waals surface area contributed by atoms with E-state index >= 15 is 0 Å². The molecule has 4 rings (SSSR count). The quantitative estimate of drug-likeness (QED) is 0.582. The molecule has 24 heavy (non-hydrogen) atoms. The second-order valence-corrected chi connectivity index (χ2v) is 6.20. The second kappa shape index (κ2) is 5.63. The second-order valence-electron chi connectivity index (χ2n) is 6.20. The van der Waals surface area contributed by atoms with Gasteiger partial charge in [0.1, 0.15) is 11.4 Å². The molecule has 3 aromatic rings. The van der Waals surface area contributed by atoms with Crippen LogP contribution in [-0.2, 0) is 0 Å². The summed E-state index contributed by atoms with van der Waals surface area (Å²) in [5, 5.41) is 11.4. The number of amides is 1. The minimum atomic E-state index is -0.125. The molecular formula is C18H18N4O2. The summed E-state index contributed by atoms with van der Waals surface area (Å²) in [5.41, 5.74) is 3.46. The monoisotopic (exact) mass is 322 g/mol. The van der Waals surface area contributed by atoms with Crippen molar-refractivity contribution in [2.75, 3.05) is 6.54 Å². The summed E-state index contributed by atoms with van der Waals surface area (Å²) >= 11 is 0. The van der Waals surface area contributed by atoms with Gasteiger partial charge in [0, 0.05) is 12.6 Å². The Kier molecular flexibility index (Phi) is 3.45. The highest BCUT2D eigenvalue weighted by Gasteiger charge is 2.33. The van der Waals surface area contributed by atoms with E-state index in [0.29, 0.717) is 16.8 Å². The topological polar surface area (TPSA) is 75.9 Å². The van der Waals surface area contributed by atoms with Gasteiger partial charge < -0.3 is 15.1 Å². The third-order valence-electron chi connectivity index (χ3n) is 4.58. The van der Waals surface area contributed by atoms with Crippen molar-refractivity contribution >= 4 is 16.9 Å². The fourth-order valence-electron chi connectivity index (χ4n) is 3.39. The fraction of sp³-hybridized carbons (Fsp3) is 0.278. The maximum absolute atomic E-state index is 12.8. The average Bonchev–Trinajstić information content (AvgIpc) is 3.21. The Morgan fingerprint density at radius 1 is 1.38 bits per heavy atom. The Morgan fingerprint density at radius 3 is 3.04 bits per heavy atom. The van der Waals surface area contributed by atoms with Crippen molar-refractivity contribution in [2.24, 2.45) is 0 Å². The maximum Gasteiger partial charge on any atom is 0.260 e. The Bertz CT molecular complexity index is 918. The molecule has 1 atom stereocenters. The molecule has 6 nitrogen and oxygen atoms in total. The molecule has 1 fully saturated rings. The van der Waals surface area contributed by atoms with E-state index in [1.165, 1.54) is 12.4 Å². The van der Waals surface area contributed by atoms with Crippen LogP contribution >= 0.6 is 0 Å².